The van der Waals surface area contributed by atoms with Crippen LogP contribution in [0.2, 0.25) is 0 Å². The molecule has 0 saturated carbocycles. The standard InChI is InChI=1S/C7H17NO4S/c1-7(2)8(3,4)5-6-12-13(9,10)11/h7H,5-6H2,1-4H3. The fourth-order valence-electron chi connectivity index (χ4n) is 0.633. The van der Waals surface area contributed by atoms with Gasteiger partial charge in [0.25, 0.3) is 0 Å². The molecule has 0 aliphatic carbocycles. The van der Waals surface area contributed by atoms with Gasteiger partial charge in [0.2, 0.25) is 10.4 Å². The molecular formula is C7H17NO4S. The van der Waals surface area contributed by atoms with Crippen LogP contribution in [0.1, 0.15) is 13.8 Å². The topological polar surface area (TPSA) is 66.4 Å². The quantitative estimate of drug-likeness (QED) is 0.363. The summed E-state index contributed by atoms with van der Waals surface area (Å²) in [7, 11) is -0.633. The molecule has 6 heteroatoms. The number of likely N-dealkylation sites (N-methyl/N-ethyl adjacent to an activating group) is 1. The van der Waals surface area contributed by atoms with E-state index in [1.807, 2.05) is 27.9 Å². The lowest BCUT2D eigenvalue weighted by Crippen LogP contribution is -2.47. The van der Waals surface area contributed by atoms with Gasteiger partial charge in [0.05, 0.1) is 20.1 Å². The highest BCUT2D eigenvalue weighted by molar-refractivity contribution is 7.80. The molecule has 13 heavy (non-hydrogen) atoms. The molecular weight excluding hydrogens is 194 g/mol. The van der Waals surface area contributed by atoms with Crippen molar-refractivity contribution in [2.75, 3.05) is 27.2 Å². The van der Waals surface area contributed by atoms with Crippen LogP contribution in [-0.2, 0) is 14.6 Å². The van der Waals surface area contributed by atoms with Gasteiger partial charge < -0.3 is 9.04 Å². The van der Waals surface area contributed by atoms with Gasteiger partial charge in [-0.25, -0.2) is 8.42 Å². The van der Waals surface area contributed by atoms with Crippen LogP contribution < -0.4 is 0 Å². The summed E-state index contributed by atoms with van der Waals surface area (Å²) in [5, 5.41) is 0. The summed E-state index contributed by atoms with van der Waals surface area (Å²) in [4.78, 5) is 0. The van der Waals surface area contributed by atoms with Gasteiger partial charge >= 0.3 is 0 Å². The van der Waals surface area contributed by atoms with Crippen molar-refractivity contribution >= 4 is 10.4 Å². The second kappa shape index (κ2) is 4.36. The van der Waals surface area contributed by atoms with Crippen LogP contribution in [0.3, 0.4) is 0 Å². The molecule has 0 aromatic rings. The van der Waals surface area contributed by atoms with E-state index in [0.29, 0.717) is 17.1 Å². The Labute approximate surface area is 79.8 Å². The van der Waals surface area contributed by atoms with Crippen molar-refractivity contribution in [2.45, 2.75) is 19.9 Å². The number of rotatable bonds is 5. The van der Waals surface area contributed by atoms with Crippen molar-refractivity contribution in [1.82, 2.24) is 0 Å². The van der Waals surface area contributed by atoms with E-state index in [1.165, 1.54) is 0 Å². The molecule has 0 atom stereocenters. The number of hydrogen-bond donors (Lipinski definition) is 0. The number of hydrogen-bond acceptors (Lipinski definition) is 4. The van der Waals surface area contributed by atoms with Crippen LogP contribution in [0.15, 0.2) is 0 Å². The Morgan fingerprint density at radius 1 is 1.38 bits per heavy atom. The highest BCUT2D eigenvalue weighted by Crippen LogP contribution is 2.04. The third-order valence-electron chi connectivity index (χ3n) is 2.29. The maximum absolute atomic E-state index is 10.1. The normalized spacial score (nSPS) is 13.7. The Kier molecular flexibility index (Phi) is 4.31. The van der Waals surface area contributed by atoms with Crippen molar-refractivity contribution in [3.63, 3.8) is 0 Å². The third-order valence-corrected chi connectivity index (χ3v) is 2.75. The van der Waals surface area contributed by atoms with E-state index < -0.39 is 10.4 Å². The Morgan fingerprint density at radius 3 is 2.15 bits per heavy atom. The van der Waals surface area contributed by atoms with E-state index in [0.717, 1.165) is 0 Å². The average Bonchev–Trinajstić information content (AvgIpc) is 1.82. The predicted molar refractivity (Wildman–Crippen MR) is 47.8 cm³/mol. The van der Waals surface area contributed by atoms with Crippen molar-refractivity contribution in [1.29, 1.82) is 0 Å². The summed E-state index contributed by atoms with van der Waals surface area (Å²) < 4.78 is 35.0. The second-order valence-electron chi connectivity index (χ2n) is 3.83. The zero-order valence-corrected chi connectivity index (χ0v) is 9.30. The Morgan fingerprint density at radius 2 is 1.85 bits per heavy atom. The summed E-state index contributed by atoms with van der Waals surface area (Å²) in [6.45, 7) is 4.48. The van der Waals surface area contributed by atoms with Crippen molar-refractivity contribution < 1.29 is 21.6 Å². The minimum atomic E-state index is -4.53. The molecule has 0 saturated heterocycles. The van der Waals surface area contributed by atoms with Crippen LogP contribution in [0.4, 0.5) is 0 Å². The lowest BCUT2D eigenvalue weighted by atomic mass is 10.3. The molecule has 80 valence electrons. The zero-order chi connectivity index (χ0) is 10.7. The third kappa shape index (κ3) is 5.98. The minimum absolute atomic E-state index is 0.0585. The molecule has 0 N–H and O–H groups in total. The Balaban J connectivity index is 3.90. The van der Waals surface area contributed by atoms with Crippen molar-refractivity contribution in [3.8, 4) is 0 Å². The summed E-state index contributed by atoms with van der Waals surface area (Å²) >= 11 is 0. The predicted octanol–water partition coefficient (Wildman–Crippen LogP) is -0.0520. The van der Waals surface area contributed by atoms with Gasteiger partial charge in [-0.05, 0) is 13.8 Å². The molecule has 0 aliphatic rings. The number of nitrogens with zero attached hydrogens (tertiary/aromatic N) is 1. The van der Waals surface area contributed by atoms with Crippen LogP contribution in [-0.4, -0.2) is 50.7 Å². The first-order chi connectivity index (χ1) is 5.65. The van der Waals surface area contributed by atoms with E-state index in [2.05, 4.69) is 4.18 Å². The van der Waals surface area contributed by atoms with E-state index in [-0.39, 0.29) is 6.61 Å². The molecule has 0 aromatic heterocycles. The van der Waals surface area contributed by atoms with Gasteiger partial charge in [0, 0.05) is 0 Å². The van der Waals surface area contributed by atoms with Gasteiger partial charge in [0.1, 0.15) is 13.2 Å². The minimum Gasteiger partial charge on any atom is -0.726 e. The lowest BCUT2D eigenvalue weighted by Gasteiger charge is -2.33. The smallest absolute Gasteiger partial charge is 0.217 e. The molecule has 0 rings (SSSR count). The zero-order valence-electron chi connectivity index (χ0n) is 8.48. The van der Waals surface area contributed by atoms with E-state index in [1.54, 1.807) is 0 Å². The maximum atomic E-state index is 10.1. The lowest BCUT2D eigenvalue weighted by molar-refractivity contribution is -0.911. The molecule has 0 bridgehead atoms. The van der Waals surface area contributed by atoms with Crippen LogP contribution >= 0.6 is 0 Å². The first kappa shape index (κ1) is 12.8. The molecule has 0 radical (unpaired) electrons. The van der Waals surface area contributed by atoms with Gasteiger partial charge in [0.15, 0.2) is 0 Å². The fraction of sp³-hybridized carbons (Fsp3) is 1.00. The molecule has 0 aliphatic heterocycles. The van der Waals surface area contributed by atoms with Gasteiger partial charge in [-0.3, -0.25) is 4.18 Å². The van der Waals surface area contributed by atoms with Gasteiger partial charge in [-0.2, -0.15) is 0 Å². The molecule has 0 spiro atoms. The molecule has 0 aromatic carbocycles. The van der Waals surface area contributed by atoms with Crippen LogP contribution in [0.25, 0.3) is 0 Å². The molecule has 0 fully saturated rings. The Bertz CT molecular complexity index is 245. The molecule has 0 unspecified atom stereocenters. The highest BCUT2D eigenvalue weighted by Gasteiger charge is 2.19. The highest BCUT2D eigenvalue weighted by atomic mass is 32.3. The fourth-order valence-corrected chi connectivity index (χ4v) is 0.911. The van der Waals surface area contributed by atoms with Crippen LogP contribution in [0, 0.1) is 0 Å². The van der Waals surface area contributed by atoms with Crippen LogP contribution in [0.5, 0.6) is 0 Å². The molecule has 0 heterocycles. The monoisotopic (exact) mass is 211 g/mol. The van der Waals surface area contributed by atoms with E-state index in [9.17, 15) is 13.0 Å². The summed E-state index contributed by atoms with van der Waals surface area (Å²) in [6.07, 6.45) is 0. The van der Waals surface area contributed by atoms with Crippen molar-refractivity contribution in [2.24, 2.45) is 0 Å². The maximum Gasteiger partial charge on any atom is 0.217 e. The van der Waals surface area contributed by atoms with Gasteiger partial charge in [-0.1, -0.05) is 0 Å². The molecule has 0 amide bonds. The first-order valence-corrected chi connectivity index (χ1v) is 5.41. The summed E-state index contributed by atoms with van der Waals surface area (Å²) in [5.41, 5.74) is 0. The largest absolute Gasteiger partial charge is 0.726 e. The van der Waals surface area contributed by atoms with E-state index in [4.69, 9.17) is 0 Å². The van der Waals surface area contributed by atoms with Gasteiger partial charge in [-0.15, -0.1) is 0 Å². The number of quaternary nitrogens is 1. The summed E-state index contributed by atoms with van der Waals surface area (Å²) in [6, 6.07) is 0.359. The average molecular weight is 211 g/mol. The summed E-state index contributed by atoms with van der Waals surface area (Å²) in [5.74, 6) is 0. The Hall–Kier alpha value is -0.170. The second-order valence-corrected chi connectivity index (χ2v) is 4.88. The first-order valence-electron chi connectivity index (χ1n) is 4.08. The molecule has 5 nitrogen and oxygen atoms in total. The van der Waals surface area contributed by atoms with Crippen molar-refractivity contribution in [3.05, 3.63) is 0 Å². The SMILES string of the molecule is CC(C)[N+](C)(C)CCOS(=O)(=O)[O-]. The van der Waals surface area contributed by atoms with E-state index >= 15 is 0 Å².